The van der Waals surface area contributed by atoms with E-state index in [9.17, 15) is 9.59 Å². The Morgan fingerprint density at radius 2 is 1.92 bits per heavy atom. The van der Waals surface area contributed by atoms with E-state index in [-0.39, 0.29) is 17.6 Å². The minimum atomic E-state index is -0.972. The zero-order valence-corrected chi connectivity index (χ0v) is 13.9. The molecule has 0 saturated heterocycles. The summed E-state index contributed by atoms with van der Waals surface area (Å²) in [7, 11) is 0. The van der Waals surface area contributed by atoms with Crippen LogP contribution < -0.4 is 10.6 Å². The Bertz CT molecular complexity index is 702. The van der Waals surface area contributed by atoms with E-state index in [1.165, 1.54) is 12.1 Å². The number of nitrogens with one attached hydrogen (secondary N) is 2. The maximum atomic E-state index is 11.9. The first kappa shape index (κ1) is 17.5. The van der Waals surface area contributed by atoms with E-state index in [1.807, 2.05) is 20.8 Å². The van der Waals surface area contributed by atoms with Crippen LogP contribution in [0.3, 0.4) is 0 Å². The largest absolute Gasteiger partial charge is 0.478 e. The number of benzene rings is 1. The number of rotatable bonds is 6. The van der Waals surface area contributed by atoms with Crippen LogP contribution in [0.15, 0.2) is 28.8 Å². The number of carbonyl (C=O) groups excluding carboxylic acids is 1. The summed E-state index contributed by atoms with van der Waals surface area (Å²) in [5.41, 5.74) is 2.89. The van der Waals surface area contributed by atoms with Crippen molar-refractivity contribution in [2.75, 3.05) is 0 Å². The molecular formula is C17H21N3O4. The molecule has 1 atom stereocenters. The van der Waals surface area contributed by atoms with Crippen molar-refractivity contribution in [1.82, 2.24) is 15.8 Å². The third-order valence-electron chi connectivity index (χ3n) is 3.72. The predicted octanol–water partition coefficient (Wildman–Crippen LogP) is 2.42. The smallest absolute Gasteiger partial charge is 0.335 e. The highest BCUT2D eigenvalue weighted by molar-refractivity contribution is 5.87. The molecule has 0 spiro atoms. The van der Waals surface area contributed by atoms with Gasteiger partial charge in [0.15, 0.2) is 0 Å². The molecule has 1 heterocycles. The van der Waals surface area contributed by atoms with Crippen LogP contribution in [0.5, 0.6) is 0 Å². The Morgan fingerprint density at radius 1 is 1.25 bits per heavy atom. The molecule has 1 unspecified atom stereocenters. The molecule has 7 heteroatoms. The van der Waals surface area contributed by atoms with Crippen molar-refractivity contribution < 1.29 is 19.2 Å². The molecule has 0 fully saturated rings. The topological polar surface area (TPSA) is 104 Å². The average molecular weight is 331 g/mol. The summed E-state index contributed by atoms with van der Waals surface area (Å²) < 4.78 is 5.11. The first-order valence-corrected chi connectivity index (χ1v) is 7.65. The monoisotopic (exact) mass is 331 g/mol. The molecular weight excluding hydrogens is 310 g/mol. The number of carbonyl (C=O) groups is 2. The van der Waals surface area contributed by atoms with Gasteiger partial charge in [-0.3, -0.25) is 0 Å². The maximum absolute atomic E-state index is 11.9. The molecule has 128 valence electrons. The van der Waals surface area contributed by atoms with Crippen LogP contribution in [0, 0.1) is 13.8 Å². The van der Waals surface area contributed by atoms with Crippen LogP contribution >= 0.6 is 0 Å². The van der Waals surface area contributed by atoms with Crippen molar-refractivity contribution in [3.63, 3.8) is 0 Å². The van der Waals surface area contributed by atoms with Gasteiger partial charge in [-0.25, -0.2) is 9.59 Å². The van der Waals surface area contributed by atoms with Gasteiger partial charge in [0, 0.05) is 18.2 Å². The second-order valence-corrected chi connectivity index (χ2v) is 5.74. The quantitative estimate of drug-likeness (QED) is 0.754. The standard InChI is InChI=1S/C17H21N3O4/c1-10(8-15-11(2)20-24-12(15)3)19-17(23)18-9-13-4-6-14(7-5-13)16(21)22/h4-7,10H,8-9H2,1-3H3,(H,21,22)(H2,18,19,23). The lowest BCUT2D eigenvalue weighted by Gasteiger charge is -2.14. The number of aromatic nitrogens is 1. The van der Waals surface area contributed by atoms with Crippen LogP contribution in [0.4, 0.5) is 4.79 Å². The first-order valence-electron chi connectivity index (χ1n) is 7.65. The number of aromatic carboxylic acids is 1. The molecule has 0 radical (unpaired) electrons. The molecule has 0 aliphatic heterocycles. The van der Waals surface area contributed by atoms with Crippen molar-refractivity contribution in [2.45, 2.75) is 39.8 Å². The fourth-order valence-electron chi connectivity index (χ4n) is 2.37. The van der Waals surface area contributed by atoms with Gasteiger partial charge in [-0.05, 0) is 44.9 Å². The Labute approximate surface area is 140 Å². The zero-order valence-electron chi connectivity index (χ0n) is 13.9. The van der Waals surface area contributed by atoms with Gasteiger partial charge in [0.2, 0.25) is 0 Å². The van der Waals surface area contributed by atoms with Gasteiger partial charge in [-0.15, -0.1) is 0 Å². The lowest BCUT2D eigenvalue weighted by Crippen LogP contribution is -2.41. The molecule has 2 aromatic rings. The SMILES string of the molecule is Cc1noc(C)c1CC(C)NC(=O)NCc1ccc(C(=O)O)cc1. The van der Waals surface area contributed by atoms with E-state index < -0.39 is 5.97 Å². The molecule has 0 bridgehead atoms. The molecule has 0 saturated carbocycles. The molecule has 24 heavy (non-hydrogen) atoms. The van der Waals surface area contributed by atoms with Crippen molar-refractivity contribution in [2.24, 2.45) is 0 Å². The number of urea groups is 1. The second kappa shape index (κ2) is 7.63. The Morgan fingerprint density at radius 3 is 2.46 bits per heavy atom. The highest BCUT2D eigenvalue weighted by Gasteiger charge is 2.14. The fourth-order valence-corrected chi connectivity index (χ4v) is 2.37. The summed E-state index contributed by atoms with van der Waals surface area (Å²) >= 11 is 0. The minimum Gasteiger partial charge on any atom is -0.478 e. The number of carboxylic acid groups (broad SMARTS) is 1. The number of aryl methyl sites for hydroxylation is 2. The van der Waals surface area contributed by atoms with E-state index in [4.69, 9.17) is 9.63 Å². The van der Waals surface area contributed by atoms with Gasteiger partial charge in [0.1, 0.15) is 5.76 Å². The molecule has 2 amide bonds. The number of hydrogen-bond acceptors (Lipinski definition) is 4. The van der Waals surface area contributed by atoms with Crippen LogP contribution in [0.1, 0.15) is 39.9 Å². The number of nitrogens with zero attached hydrogens (tertiary/aromatic N) is 1. The Kier molecular flexibility index (Phi) is 5.57. The summed E-state index contributed by atoms with van der Waals surface area (Å²) in [6.45, 7) is 5.96. The van der Waals surface area contributed by atoms with Gasteiger partial charge < -0.3 is 20.3 Å². The first-order chi connectivity index (χ1) is 11.4. The molecule has 2 rings (SSSR count). The summed E-state index contributed by atoms with van der Waals surface area (Å²) in [5, 5.41) is 18.4. The summed E-state index contributed by atoms with van der Waals surface area (Å²) in [6.07, 6.45) is 0.641. The third kappa shape index (κ3) is 4.58. The van der Waals surface area contributed by atoms with Gasteiger partial charge >= 0.3 is 12.0 Å². The minimum absolute atomic E-state index is 0.0730. The maximum Gasteiger partial charge on any atom is 0.335 e. The van der Waals surface area contributed by atoms with E-state index in [2.05, 4.69) is 15.8 Å². The third-order valence-corrected chi connectivity index (χ3v) is 3.72. The molecule has 0 aliphatic carbocycles. The zero-order chi connectivity index (χ0) is 17.7. The van der Waals surface area contributed by atoms with Crippen molar-refractivity contribution in [1.29, 1.82) is 0 Å². The summed E-state index contributed by atoms with van der Waals surface area (Å²) in [5.74, 6) is -0.208. The number of amides is 2. The number of hydrogen-bond donors (Lipinski definition) is 3. The lowest BCUT2D eigenvalue weighted by molar-refractivity contribution is 0.0697. The molecule has 0 aliphatic rings. The Hall–Kier alpha value is -2.83. The van der Waals surface area contributed by atoms with Crippen molar-refractivity contribution in [3.05, 3.63) is 52.4 Å². The van der Waals surface area contributed by atoms with Crippen LogP contribution in [-0.2, 0) is 13.0 Å². The normalized spacial score (nSPS) is 11.8. The van der Waals surface area contributed by atoms with Crippen molar-refractivity contribution in [3.8, 4) is 0 Å². The van der Waals surface area contributed by atoms with Gasteiger partial charge in [0.05, 0.1) is 11.3 Å². The highest BCUT2D eigenvalue weighted by atomic mass is 16.5. The van der Waals surface area contributed by atoms with E-state index in [1.54, 1.807) is 12.1 Å². The van der Waals surface area contributed by atoms with E-state index >= 15 is 0 Å². The van der Waals surface area contributed by atoms with E-state index in [0.717, 1.165) is 22.6 Å². The van der Waals surface area contributed by atoms with Crippen LogP contribution in [0.2, 0.25) is 0 Å². The number of carboxylic acids is 1. The van der Waals surface area contributed by atoms with Gasteiger partial charge in [0.25, 0.3) is 0 Å². The van der Waals surface area contributed by atoms with Gasteiger partial charge in [-0.2, -0.15) is 0 Å². The lowest BCUT2D eigenvalue weighted by atomic mass is 10.1. The predicted molar refractivity (Wildman–Crippen MR) is 87.9 cm³/mol. The molecule has 7 nitrogen and oxygen atoms in total. The molecule has 3 N–H and O–H groups in total. The molecule has 1 aromatic carbocycles. The average Bonchev–Trinajstić information content (AvgIpc) is 2.85. The Balaban J connectivity index is 1.81. The second-order valence-electron chi connectivity index (χ2n) is 5.74. The summed E-state index contributed by atoms with van der Waals surface area (Å²) in [4.78, 5) is 22.7. The van der Waals surface area contributed by atoms with Crippen molar-refractivity contribution >= 4 is 12.0 Å². The van der Waals surface area contributed by atoms with Gasteiger partial charge in [-0.1, -0.05) is 17.3 Å². The van der Waals surface area contributed by atoms with E-state index in [0.29, 0.717) is 13.0 Å². The molecule has 1 aromatic heterocycles. The fraction of sp³-hybridized carbons (Fsp3) is 0.353. The summed E-state index contributed by atoms with van der Waals surface area (Å²) in [6, 6.07) is 6.02. The highest BCUT2D eigenvalue weighted by Crippen LogP contribution is 2.14. The van der Waals surface area contributed by atoms with Crippen LogP contribution in [-0.4, -0.2) is 28.3 Å². The van der Waals surface area contributed by atoms with Crippen LogP contribution in [0.25, 0.3) is 0 Å².